The van der Waals surface area contributed by atoms with Crippen LogP contribution in [0.15, 0.2) is 41.1 Å². The first-order valence-corrected chi connectivity index (χ1v) is 7.26. The molecule has 0 radical (unpaired) electrons. The van der Waals surface area contributed by atoms with E-state index in [0.29, 0.717) is 5.69 Å². The van der Waals surface area contributed by atoms with Crippen LogP contribution >= 0.6 is 15.9 Å². The largest absolute Gasteiger partial charge is 0.341 e. The van der Waals surface area contributed by atoms with E-state index in [1.807, 2.05) is 25.1 Å². The molecule has 1 saturated carbocycles. The van der Waals surface area contributed by atoms with Crippen molar-refractivity contribution in [2.45, 2.75) is 25.3 Å². The Labute approximate surface area is 125 Å². The van der Waals surface area contributed by atoms with E-state index < -0.39 is 0 Å². The smallest absolute Gasteiger partial charge is 0.270 e. The summed E-state index contributed by atoms with van der Waals surface area (Å²) < 4.78 is 1.02. The zero-order valence-electron chi connectivity index (χ0n) is 11.1. The predicted molar refractivity (Wildman–Crippen MR) is 79.3 cm³/mol. The summed E-state index contributed by atoms with van der Waals surface area (Å²) in [5.74, 6) is -0.145. The molecule has 0 spiro atoms. The Morgan fingerprint density at radius 2 is 2.10 bits per heavy atom. The van der Waals surface area contributed by atoms with Crippen LogP contribution in [0, 0.1) is 6.92 Å². The van der Waals surface area contributed by atoms with Crippen molar-refractivity contribution in [3.8, 4) is 0 Å². The van der Waals surface area contributed by atoms with Crippen LogP contribution < -0.4 is 5.32 Å². The van der Waals surface area contributed by atoms with Gasteiger partial charge in [0.1, 0.15) is 12.0 Å². The number of hydrogen-bond donors (Lipinski definition) is 1. The third-order valence-electron chi connectivity index (χ3n) is 3.52. The second-order valence-electron chi connectivity index (χ2n) is 5.09. The lowest BCUT2D eigenvalue weighted by molar-refractivity contribution is 0.0925. The summed E-state index contributed by atoms with van der Waals surface area (Å²) in [6.07, 6.45) is 3.33. The fraction of sp³-hybridized carbons (Fsp3) is 0.267. The quantitative estimate of drug-likeness (QED) is 0.940. The number of nitrogens with one attached hydrogen (secondary N) is 1. The summed E-state index contributed by atoms with van der Waals surface area (Å²) in [4.78, 5) is 20.3. The number of amides is 1. The van der Waals surface area contributed by atoms with Gasteiger partial charge in [-0.25, -0.2) is 9.97 Å². The number of carbonyl (C=O) groups excluding carboxylic acids is 1. The van der Waals surface area contributed by atoms with Crippen LogP contribution in [0.25, 0.3) is 0 Å². The van der Waals surface area contributed by atoms with Gasteiger partial charge < -0.3 is 5.32 Å². The molecular formula is C15H14BrN3O. The lowest BCUT2D eigenvalue weighted by atomic mass is 10.0. The zero-order chi connectivity index (χ0) is 14.2. The van der Waals surface area contributed by atoms with Crippen molar-refractivity contribution in [2.75, 3.05) is 0 Å². The number of hydrogen-bond acceptors (Lipinski definition) is 3. The molecule has 1 heterocycles. The van der Waals surface area contributed by atoms with Gasteiger partial charge in [0.2, 0.25) is 0 Å². The number of benzene rings is 1. The minimum Gasteiger partial charge on any atom is -0.341 e. The monoisotopic (exact) mass is 331 g/mol. The Morgan fingerprint density at radius 1 is 1.30 bits per heavy atom. The van der Waals surface area contributed by atoms with E-state index >= 15 is 0 Å². The molecular weight excluding hydrogens is 318 g/mol. The van der Waals surface area contributed by atoms with E-state index in [1.165, 1.54) is 6.33 Å². The van der Waals surface area contributed by atoms with Gasteiger partial charge in [0, 0.05) is 10.2 Å². The molecule has 102 valence electrons. The summed E-state index contributed by atoms with van der Waals surface area (Å²) in [6, 6.07) is 9.77. The number of aryl methyl sites for hydroxylation is 1. The van der Waals surface area contributed by atoms with Crippen molar-refractivity contribution in [1.29, 1.82) is 0 Å². The van der Waals surface area contributed by atoms with Gasteiger partial charge in [0.25, 0.3) is 5.91 Å². The lowest BCUT2D eigenvalue weighted by Gasteiger charge is -2.18. The molecule has 4 nitrogen and oxygen atoms in total. The van der Waals surface area contributed by atoms with Gasteiger partial charge in [-0.05, 0) is 43.5 Å². The molecule has 1 aliphatic carbocycles. The van der Waals surface area contributed by atoms with Crippen LogP contribution in [-0.2, 0) is 5.54 Å². The Bertz CT molecular complexity index is 668. The van der Waals surface area contributed by atoms with Gasteiger partial charge in [0.05, 0.1) is 5.54 Å². The van der Waals surface area contributed by atoms with Gasteiger partial charge in [-0.3, -0.25) is 4.79 Å². The highest BCUT2D eigenvalue weighted by atomic mass is 79.9. The fourth-order valence-corrected chi connectivity index (χ4v) is 2.66. The van der Waals surface area contributed by atoms with Crippen LogP contribution in [0.2, 0.25) is 0 Å². The van der Waals surface area contributed by atoms with Crippen LogP contribution in [0.3, 0.4) is 0 Å². The third-order valence-corrected chi connectivity index (χ3v) is 4.01. The third kappa shape index (κ3) is 2.58. The van der Waals surface area contributed by atoms with Gasteiger partial charge in [0.15, 0.2) is 0 Å². The average Bonchev–Trinajstić information content (AvgIpc) is 3.20. The first kappa shape index (κ1) is 13.2. The number of aromatic nitrogens is 2. The SMILES string of the molecule is Cc1cc(C(=O)NC2(c3cccc(Br)c3)CC2)ncn1. The molecule has 3 rings (SSSR count). The molecule has 1 aromatic heterocycles. The van der Waals surface area contributed by atoms with Crippen molar-refractivity contribution >= 4 is 21.8 Å². The van der Waals surface area contributed by atoms with Crippen molar-refractivity contribution in [1.82, 2.24) is 15.3 Å². The molecule has 1 aliphatic rings. The number of carbonyl (C=O) groups is 1. The van der Waals surface area contributed by atoms with Gasteiger partial charge in [-0.2, -0.15) is 0 Å². The molecule has 0 atom stereocenters. The second kappa shape index (κ2) is 4.98. The lowest BCUT2D eigenvalue weighted by Crippen LogP contribution is -2.35. The van der Waals surface area contributed by atoms with Crippen molar-refractivity contribution in [2.24, 2.45) is 0 Å². The highest BCUT2D eigenvalue weighted by molar-refractivity contribution is 9.10. The summed E-state index contributed by atoms with van der Waals surface area (Å²) in [7, 11) is 0. The average molecular weight is 332 g/mol. The Balaban J connectivity index is 1.82. The van der Waals surface area contributed by atoms with Crippen LogP contribution in [0.5, 0.6) is 0 Å². The van der Waals surface area contributed by atoms with E-state index in [4.69, 9.17) is 0 Å². The van der Waals surface area contributed by atoms with Crippen LogP contribution in [0.4, 0.5) is 0 Å². The van der Waals surface area contributed by atoms with E-state index in [-0.39, 0.29) is 11.4 Å². The molecule has 20 heavy (non-hydrogen) atoms. The van der Waals surface area contributed by atoms with Crippen molar-refractivity contribution in [3.63, 3.8) is 0 Å². The summed E-state index contributed by atoms with van der Waals surface area (Å²) in [5, 5.41) is 3.10. The number of nitrogens with zero attached hydrogens (tertiary/aromatic N) is 2. The maximum Gasteiger partial charge on any atom is 0.270 e. The molecule has 5 heteroatoms. The van der Waals surface area contributed by atoms with E-state index in [2.05, 4.69) is 37.3 Å². The molecule has 1 fully saturated rings. The molecule has 1 aromatic carbocycles. The molecule has 1 amide bonds. The fourth-order valence-electron chi connectivity index (χ4n) is 2.26. The molecule has 0 saturated heterocycles. The van der Waals surface area contributed by atoms with Gasteiger partial charge >= 0.3 is 0 Å². The molecule has 1 N–H and O–H groups in total. The maximum atomic E-state index is 12.3. The number of halogens is 1. The van der Waals surface area contributed by atoms with Crippen molar-refractivity contribution < 1.29 is 4.79 Å². The van der Waals surface area contributed by atoms with E-state index in [1.54, 1.807) is 6.07 Å². The van der Waals surface area contributed by atoms with Gasteiger partial charge in [-0.1, -0.05) is 28.1 Å². The first-order valence-electron chi connectivity index (χ1n) is 6.46. The summed E-state index contributed by atoms with van der Waals surface area (Å²) in [5.41, 5.74) is 2.10. The molecule has 0 bridgehead atoms. The predicted octanol–water partition coefficient (Wildman–Crippen LogP) is 2.97. The standard InChI is InChI=1S/C15H14BrN3O/c1-10-7-13(18-9-17-10)14(20)19-15(5-6-15)11-3-2-4-12(16)8-11/h2-4,7-9H,5-6H2,1H3,(H,19,20). The topological polar surface area (TPSA) is 54.9 Å². The Kier molecular flexibility index (Phi) is 3.30. The summed E-state index contributed by atoms with van der Waals surface area (Å²) in [6.45, 7) is 1.85. The van der Waals surface area contributed by atoms with Gasteiger partial charge in [-0.15, -0.1) is 0 Å². The summed E-state index contributed by atoms with van der Waals surface area (Å²) >= 11 is 3.47. The van der Waals surface area contributed by atoms with Crippen LogP contribution in [0.1, 0.15) is 34.6 Å². The Hall–Kier alpha value is -1.75. The first-order chi connectivity index (χ1) is 9.59. The minimum atomic E-state index is -0.236. The van der Waals surface area contributed by atoms with E-state index in [0.717, 1.165) is 28.6 Å². The molecule has 2 aromatic rings. The normalized spacial score (nSPS) is 15.7. The second-order valence-corrected chi connectivity index (χ2v) is 6.01. The van der Waals surface area contributed by atoms with Crippen LogP contribution in [-0.4, -0.2) is 15.9 Å². The minimum absolute atomic E-state index is 0.145. The Morgan fingerprint density at radius 3 is 2.75 bits per heavy atom. The van der Waals surface area contributed by atoms with E-state index in [9.17, 15) is 4.79 Å². The highest BCUT2D eigenvalue weighted by Gasteiger charge is 2.45. The molecule has 0 aliphatic heterocycles. The number of rotatable bonds is 3. The van der Waals surface area contributed by atoms with Crippen molar-refractivity contribution in [3.05, 3.63) is 58.1 Å². The maximum absolute atomic E-state index is 12.3. The highest BCUT2D eigenvalue weighted by Crippen LogP contribution is 2.46. The molecule has 0 unspecified atom stereocenters. The zero-order valence-corrected chi connectivity index (χ0v) is 12.6.